The number of benzene rings is 1. The third-order valence-electron chi connectivity index (χ3n) is 3.79. The van der Waals surface area contributed by atoms with Gasteiger partial charge >= 0.3 is 0 Å². The lowest BCUT2D eigenvalue weighted by Gasteiger charge is -2.19. The van der Waals surface area contributed by atoms with Gasteiger partial charge in [0.1, 0.15) is 5.75 Å². The molecule has 1 aromatic rings. The summed E-state index contributed by atoms with van der Waals surface area (Å²) in [4.78, 5) is 0. The topological polar surface area (TPSA) is 41.5 Å². The number of aliphatic hydroxyl groups is 1. The SMILES string of the molecule is CCC(CCO)CNC(C)c1ccc(OCC(C)C)cc1. The summed E-state index contributed by atoms with van der Waals surface area (Å²) < 4.78 is 5.70. The Balaban J connectivity index is 2.45. The molecule has 0 aliphatic rings. The van der Waals surface area contributed by atoms with Gasteiger partial charge in [-0.2, -0.15) is 0 Å². The van der Waals surface area contributed by atoms with Crippen LogP contribution in [-0.4, -0.2) is 24.9 Å². The minimum Gasteiger partial charge on any atom is -0.493 e. The van der Waals surface area contributed by atoms with E-state index >= 15 is 0 Å². The normalized spacial score (nSPS) is 14.2. The molecule has 120 valence electrons. The van der Waals surface area contributed by atoms with Crippen LogP contribution in [0.2, 0.25) is 0 Å². The molecule has 0 aromatic heterocycles. The average Bonchev–Trinajstić information content (AvgIpc) is 2.49. The van der Waals surface area contributed by atoms with Crippen molar-refractivity contribution in [1.29, 1.82) is 0 Å². The molecule has 0 radical (unpaired) electrons. The van der Waals surface area contributed by atoms with Crippen LogP contribution in [-0.2, 0) is 0 Å². The Morgan fingerprint density at radius 1 is 1.14 bits per heavy atom. The van der Waals surface area contributed by atoms with Crippen LogP contribution in [0.3, 0.4) is 0 Å². The number of hydrogen-bond donors (Lipinski definition) is 2. The molecule has 3 nitrogen and oxygen atoms in total. The summed E-state index contributed by atoms with van der Waals surface area (Å²) in [7, 11) is 0. The summed E-state index contributed by atoms with van der Waals surface area (Å²) in [6, 6.07) is 8.65. The highest BCUT2D eigenvalue weighted by atomic mass is 16.5. The smallest absolute Gasteiger partial charge is 0.119 e. The van der Waals surface area contributed by atoms with E-state index in [4.69, 9.17) is 9.84 Å². The van der Waals surface area contributed by atoms with Gasteiger partial charge in [-0.15, -0.1) is 0 Å². The Bertz CT molecular complexity index is 375. The van der Waals surface area contributed by atoms with Gasteiger partial charge in [0.15, 0.2) is 0 Å². The fraction of sp³-hybridized carbons (Fsp3) is 0.667. The number of rotatable bonds is 10. The fourth-order valence-corrected chi connectivity index (χ4v) is 2.21. The summed E-state index contributed by atoms with van der Waals surface area (Å²) in [6.07, 6.45) is 1.97. The Hall–Kier alpha value is -1.06. The Kier molecular flexibility index (Phi) is 8.40. The van der Waals surface area contributed by atoms with Crippen LogP contribution in [0.4, 0.5) is 0 Å². The molecule has 0 fully saturated rings. The molecule has 1 aromatic carbocycles. The first-order valence-corrected chi connectivity index (χ1v) is 8.13. The quantitative estimate of drug-likeness (QED) is 0.690. The molecule has 2 unspecified atom stereocenters. The summed E-state index contributed by atoms with van der Waals surface area (Å²) in [5, 5.41) is 12.6. The second kappa shape index (κ2) is 9.80. The lowest BCUT2D eigenvalue weighted by Crippen LogP contribution is -2.26. The van der Waals surface area contributed by atoms with Gasteiger partial charge < -0.3 is 15.2 Å². The van der Waals surface area contributed by atoms with Crippen molar-refractivity contribution in [2.45, 2.75) is 46.6 Å². The predicted octanol–water partition coefficient (Wildman–Crippen LogP) is 3.78. The van der Waals surface area contributed by atoms with Crippen molar-refractivity contribution in [2.24, 2.45) is 11.8 Å². The highest BCUT2D eigenvalue weighted by Gasteiger charge is 2.09. The maximum atomic E-state index is 9.03. The summed E-state index contributed by atoms with van der Waals surface area (Å²) in [5.74, 6) is 2.03. The molecule has 0 spiro atoms. The van der Waals surface area contributed by atoms with E-state index in [0.717, 1.165) is 31.7 Å². The maximum Gasteiger partial charge on any atom is 0.119 e. The molecule has 21 heavy (non-hydrogen) atoms. The summed E-state index contributed by atoms with van der Waals surface area (Å²) >= 11 is 0. The van der Waals surface area contributed by atoms with Crippen LogP contribution in [0.25, 0.3) is 0 Å². The first-order chi connectivity index (χ1) is 10.1. The summed E-state index contributed by atoms with van der Waals surface area (Å²) in [6.45, 7) is 10.6. The summed E-state index contributed by atoms with van der Waals surface area (Å²) in [5.41, 5.74) is 1.27. The van der Waals surface area contributed by atoms with Crippen molar-refractivity contribution in [2.75, 3.05) is 19.8 Å². The van der Waals surface area contributed by atoms with E-state index in [9.17, 15) is 0 Å². The van der Waals surface area contributed by atoms with Gasteiger partial charge in [-0.25, -0.2) is 0 Å². The van der Waals surface area contributed by atoms with Gasteiger partial charge in [0.05, 0.1) is 6.61 Å². The van der Waals surface area contributed by atoms with Crippen LogP contribution in [0.1, 0.15) is 52.1 Å². The van der Waals surface area contributed by atoms with Crippen LogP contribution in [0.15, 0.2) is 24.3 Å². The zero-order chi connectivity index (χ0) is 15.7. The number of hydrogen-bond acceptors (Lipinski definition) is 3. The molecule has 0 aliphatic heterocycles. The van der Waals surface area contributed by atoms with E-state index in [2.05, 4.69) is 45.1 Å². The first-order valence-electron chi connectivity index (χ1n) is 8.13. The molecule has 0 amide bonds. The molecular formula is C18H31NO2. The van der Waals surface area contributed by atoms with Gasteiger partial charge in [0.2, 0.25) is 0 Å². The second-order valence-corrected chi connectivity index (χ2v) is 6.19. The third-order valence-corrected chi connectivity index (χ3v) is 3.79. The Morgan fingerprint density at radius 3 is 2.33 bits per heavy atom. The molecule has 0 saturated carbocycles. The molecule has 2 atom stereocenters. The van der Waals surface area contributed by atoms with E-state index in [-0.39, 0.29) is 6.61 Å². The number of aliphatic hydroxyl groups excluding tert-OH is 1. The minimum atomic E-state index is 0.274. The minimum absolute atomic E-state index is 0.274. The first kappa shape index (κ1) is 18.0. The molecular weight excluding hydrogens is 262 g/mol. The zero-order valence-corrected chi connectivity index (χ0v) is 13.9. The lowest BCUT2D eigenvalue weighted by atomic mass is 10.0. The van der Waals surface area contributed by atoms with Crippen LogP contribution < -0.4 is 10.1 Å². The highest BCUT2D eigenvalue weighted by Crippen LogP contribution is 2.19. The van der Waals surface area contributed by atoms with Gasteiger partial charge in [0.25, 0.3) is 0 Å². The van der Waals surface area contributed by atoms with E-state index in [0.29, 0.717) is 17.9 Å². The van der Waals surface area contributed by atoms with E-state index in [1.165, 1.54) is 5.56 Å². The van der Waals surface area contributed by atoms with E-state index in [1.54, 1.807) is 0 Å². The van der Waals surface area contributed by atoms with Crippen LogP contribution in [0.5, 0.6) is 5.75 Å². The number of nitrogens with one attached hydrogen (secondary N) is 1. The molecule has 3 heteroatoms. The zero-order valence-electron chi connectivity index (χ0n) is 13.9. The third kappa shape index (κ3) is 6.96. The molecule has 0 bridgehead atoms. The Morgan fingerprint density at radius 2 is 1.81 bits per heavy atom. The standard InChI is InChI=1S/C18H31NO2/c1-5-16(10-11-20)12-19-15(4)17-6-8-18(9-7-17)21-13-14(2)3/h6-9,14-16,19-20H,5,10-13H2,1-4H3. The van der Waals surface area contributed by atoms with Gasteiger partial charge in [-0.1, -0.05) is 39.3 Å². The van der Waals surface area contributed by atoms with Crippen molar-refractivity contribution in [1.82, 2.24) is 5.32 Å². The number of ether oxygens (including phenoxy) is 1. The van der Waals surface area contributed by atoms with Crippen molar-refractivity contribution in [3.05, 3.63) is 29.8 Å². The van der Waals surface area contributed by atoms with E-state index < -0.39 is 0 Å². The highest BCUT2D eigenvalue weighted by molar-refractivity contribution is 5.28. The Labute approximate surface area is 129 Å². The second-order valence-electron chi connectivity index (χ2n) is 6.19. The van der Waals surface area contributed by atoms with Crippen LogP contribution in [0, 0.1) is 11.8 Å². The molecule has 0 aliphatic carbocycles. The lowest BCUT2D eigenvalue weighted by molar-refractivity contribution is 0.249. The van der Waals surface area contributed by atoms with Crippen molar-refractivity contribution in [3.8, 4) is 5.75 Å². The van der Waals surface area contributed by atoms with Crippen molar-refractivity contribution >= 4 is 0 Å². The monoisotopic (exact) mass is 293 g/mol. The van der Waals surface area contributed by atoms with Crippen LogP contribution >= 0.6 is 0 Å². The van der Waals surface area contributed by atoms with Gasteiger partial charge in [-0.05, 0) is 49.4 Å². The average molecular weight is 293 g/mol. The fourth-order valence-electron chi connectivity index (χ4n) is 2.21. The van der Waals surface area contributed by atoms with Crippen molar-refractivity contribution in [3.63, 3.8) is 0 Å². The largest absolute Gasteiger partial charge is 0.493 e. The molecule has 2 N–H and O–H groups in total. The predicted molar refractivity (Wildman–Crippen MR) is 88.7 cm³/mol. The van der Waals surface area contributed by atoms with Crippen molar-refractivity contribution < 1.29 is 9.84 Å². The van der Waals surface area contributed by atoms with Gasteiger partial charge in [-0.3, -0.25) is 0 Å². The molecule has 0 saturated heterocycles. The van der Waals surface area contributed by atoms with E-state index in [1.807, 2.05) is 12.1 Å². The maximum absolute atomic E-state index is 9.03. The molecule has 1 rings (SSSR count). The van der Waals surface area contributed by atoms with Gasteiger partial charge in [0, 0.05) is 12.6 Å². The molecule has 0 heterocycles.